The summed E-state index contributed by atoms with van der Waals surface area (Å²) >= 11 is 0. The van der Waals surface area contributed by atoms with Crippen molar-refractivity contribution in [2.24, 2.45) is 0 Å². The molecule has 0 heterocycles. The lowest BCUT2D eigenvalue weighted by Crippen LogP contribution is -2.42. The minimum atomic E-state index is -0.579. The molecule has 0 amide bonds. The van der Waals surface area contributed by atoms with E-state index in [2.05, 4.69) is 135 Å². The monoisotopic (exact) mass is 406 g/mol. The smallest absolute Gasteiger partial charge is 0.119 e. The van der Waals surface area contributed by atoms with Gasteiger partial charge in [-0.3, -0.25) is 0 Å². The molecular formula is C30H30O. The number of benzene rings is 4. The van der Waals surface area contributed by atoms with E-state index in [1.54, 1.807) is 0 Å². The lowest BCUT2D eigenvalue weighted by Gasteiger charge is -2.45. The Bertz CT molecular complexity index is 888. The van der Waals surface area contributed by atoms with Crippen LogP contribution in [0.1, 0.15) is 48.9 Å². The molecule has 0 radical (unpaired) electrons. The Morgan fingerprint density at radius 1 is 0.419 bits per heavy atom. The second-order valence-corrected chi connectivity index (χ2v) is 7.93. The molecule has 0 atom stereocenters. The first kappa shape index (κ1) is 21.1. The second kappa shape index (κ2) is 9.32. The molecule has 0 spiro atoms. The highest BCUT2D eigenvalue weighted by Crippen LogP contribution is 2.47. The van der Waals surface area contributed by atoms with Crippen LogP contribution in [-0.4, -0.2) is 0 Å². The van der Waals surface area contributed by atoms with Crippen LogP contribution in [0.5, 0.6) is 0 Å². The van der Waals surface area contributed by atoms with Gasteiger partial charge in [0.2, 0.25) is 0 Å². The summed E-state index contributed by atoms with van der Waals surface area (Å²) in [5.41, 5.74) is 3.54. The Labute approximate surface area is 186 Å². The summed E-state index contributed by atoms with van der Waals surface area (Å²) in [6.45, 7) is 4.44. The molecule has 0 aliphatic rings. The Morgan fingerprint density at radius 2 is 0.645 bits per heavy atom. The lowest BCUT2D eigenvalue weighted by molar-refractivity contribution is -0.130. The number of rotatable bonds is 8. The Balaban J connectivity index is 1.98. The number of hydrogen-bond acceptors (Lipinski definition) is 1. The zero-order valence-corrected chi connectivity index (χ0v) is 18.4. The summed E-state index contributed by atoms with van der Waals surface area (Å²) in [6.07, 6.45) is 1.64. The van der Waals surface area contributed by atoms with Crippen molar-refractivity contribution in [3.63, 3.8) is 0 Å². The van der Waals surface area contributed by atoms with E-state index in [-0.39, 0.29) is 0 Å². The largest absolute Gasteiger partial charge is 0.350 e. The van der Waals surface area contributed by atoms with Gasteiger partial charge in [-0.1, -0.05) is 135 Å². The SMILES string of the molecule is CCC(OC(CC)(c1ccccc1)c1ccccc1)(c1ccccc1)c1ccccc1. The molecule has 4 aromatic rings. The maximum Gasteiger partial charge on any atom is 0.119 e. The Hall–Kier alpha value is -3.16. The first-order chi connectivity index (χ1) is 15.2. The van der Waals surface area contributed by atoms with Crippen LogP contribution in [0.4, 0.5) is 0 Å². The molecule has 0 unspecified atom stereocenters. The third-order valence-electron chi connectivity index (χ3n) is 6.30. The third-order valence-corrected chi connectivity index (χ3v) is 6.30. The van der Waals surface area contributed by atoms with E-state index in [0.29, 0.717) is 0 Å². The molecule has 156 valence electrons. The van der Waals surface area contributed by atoms with Crippen molar-refractivity contribution in [2.45, 2.75) is 37.9 Å². The van der Waals surface area contributed by atoms with E-state index in [1.807, 2.05) is 0 Å². The van der Waals surface area contributed by atoms with Crippen molar-refractivity contribution in [2.75, 3.05) is 0 Å². The van der Waals surface area contributed by atoms with Crippen LogP contribution in [0.2, 0.25) is 0 Å². The molecule has 0 fully saturated rings. The summed E-state index contributed by atoms with van der Waals surface area (Å²) < 4.78 is 7.47. The predicted molar refractivity (Wildman–Crippen MR) is 129 cm³/mol. The molecule has 0 saturated carbocycles. The Morgan fingerprint density at radius 3 is 0.839 bits per heavy atom. The zero-order valence-electron chi connectivity index (χ0n) is 18.4. The van der Waals surface area contributed by atoms with Gasteiger partial charge in [0.15, 0.2) is 0 Å². The first-order valence-electron chi connectivity index (χ1n) is 11.2. The van der Waals surface area contributed by atoms with E-state index in [0.717, 1.165) is 12.8 Å². The number of ether oxygens (including phenoxy) is 1. The van der Waals surface area contributed by atoms with Crippen LogP contribution in [0.25, 0.3) is 0 Å². The summed E-state index contributed by atoms with van der Waals surface area (Å²) in [7, 11) is 0. The highest BCUT2D eigenvalue weighted by Gasteiger charge is 2.44. The normalized spacial score (nSPS) is 11.9. The summed E-state index contributed by atoms with van der Waals surface area (Å²) in [4.78, 5) is 0. The van der Waals surface area contributed by atoms with Crippen molar-refractivity contribution in [3.8, 4) is 0 Å². The molecule has 0 saturated heterocycles. The molecule has 4 rings (SSSR count). The highest BCUT2D eigenvalue weighted by atomic mass is 16.5. The molecule has 4 aromatic carbocycles. The summed E-state index contributed by atoms with van der Waals surface area (Å²) in [5.74, 6) is 0. The van der Waals surface area contributed by atoms with Crippen LogP contribution < -0.4 is 0 Å². The van der Waals surface area contributed by atoms with Gasteiger partial charge < -0.3 is 4.74 Å². The van der Waals surface area contributed by atoms with Gasteiger partial charge >= 0.3 is 0 Å². The van der Waals surface area contributed by atoms with Gasteiger partial charge in [-0.15, -0.1) is 0 Å². The lowest BCUT2D eigenvalue weighted by atomic mass is 9.79. The van der Waals surface area contributed by atoms with Gasteiger partial charge in [0, 0.05) is 0 Å². The second-order valence-electron chi connectivity index (χ2n) is 7.93. The fourth-order valence-corrected chi connectivity index (χ4v) is 4.66. The van der Waals surface area contributed by atoms with E-state index in [4.69, 9.17) is 4.74 Å². The Kier molecular flexibility index (Phi) is 6.34. The minimum absolute atomic E-state index is 0.579. The van der Waals surface area contributed by atoms with Crippen molar-refractivity contribution in [1.29, 1.82) is 0 Å². The fourth-order valence-electron chi connectivity index (χ4n) is 4.66. The van der Waals surface area contributed by atoms with Gasteiger partial charge in [-0.25, -0.2) is 0 Å². The van der Waals surface area contributed by atoms with E-state index in [9.17, 15) is 0 Å². The van der Waals surface area contributed by atoms with E-state index in [1.165, 1.54) is 22.3 Å². The molecular weight excluding hydrogens is 376 g/mol. The van der Waals surface area contributed by atoms with Crippen molar-refractivity contribution in [1.82, 2.24) is 0 Å². The van der Waals surface area contributed by atoms with E-state index < -0.39 is 11.2 Å². The van der Waals surface area contributed by atoms with Gasteiger partial charge in [-0.2, -0.15) is 0 Å². The average molecular weight is 407 g/mol. The average Bonchev–Trinajstić information content (AvgIpc) is 2.87. The first-order valence-corrected chi connectivity index (χ1v) is 11.2. The van der Waals surface area contributed by atoms with Crippen LogP contribution in [0.3, 0.4) is 0 Å². The molecule has 0 aliphatic heterocycles. The fraction of sp³-hybridized carbons (Fsp3) is 0.200. The molecule has 0 aromatic heterocycles. The van der Waals surface area contributed by atoms with Crippen molar-refractivity contribution < 1.29 is 4.74 Å². The van der Waals surface area contributed by atoms with Gasteiger partial charge in [0.05, 0.1) is 0 Å². The zero-order chi connectivity index (χ0) is 21.6. The molecule has 0 bridgehead atoms. The molecule has 1 heteroatoms. The summed E-state index contributed by atoms with van der Waals surface area (Å²) in [6, 6.07) is 42.6. The van der Waals surface area contributed by atoms with E-state index >= 15 is 0 Å². The topological polar surface area (TPSA) is 9.23 Å². The number of hydrogen-bond donors (Lipinski definition) is 0. The van der Waals surface area contributed by atoms with Crippen LogP contribution in [-0.2, 0) is 15.9 Å². The minimum Gasteiger partial charge on any atom is -0.350 e. The quantitative estimate of drug-likeness (QED) is 0.291. The van der Waals surface area contributed by atoms with Gasteiger partial charge in [0.1, 0.15) is 11.2 Å². The molecule has 1 nitrogen and oxygen atoms in total. The van der Waals surface area contributed by atoms with Crippen molar-refractivity contribution >= 4 is 0 Å². The highest BCUT2D eigenvalue weighted by molar-refractivity contribution is 5.41. The predicted octanol–water partition coefficient (Wildman–Crippen LogP) is 7.71. The maximum atomic E-state index is 7.47. The third kappa shape index (κ3) is 3.94. The standard InChI is InChI=1S/C30H30O/c1-3-29(25-17-9-5-10-18-25,26-19-11-6-12-20-26)31-30(4-2,27-21-13-7-14-22-27)28-23-15-8-16-24-28/h5-24H,3-4H2,1-2H3. The van der Waals surface area contributed by atoms with Crippen molar-refractivity contribution in [3.05, 3.63) is 144 Å². The van der Waals surface area contributed by atoms with Gasteiger partial charge in [-0.05, 0) is 35.1 Å². The maximum absolute atomic E-state index is 7.47. The van der Waals surface area contributed by atoms with Crippen LogP contribution in [0.15, 0.2) is 121 Å². The van der Waals surface area contributed by atoms with Gasteiger partial charge in [0.25, 0.3) is 0 Å². The van der Waals surface area contributed by atoms with Crippen LogP contribution >= 0.6 is 0 Å². The molecule has 0 N–H and O–H groups in total. The molecule has 0 aliphatic carbocycles. The summed E-state index contributed by atoms with van der Waals surface area (Å²) in [5, 5.41) is 0. The van der Waals surface area contributed by atoms with Crippen LogP contribution in [0, 0.1) is 0 Å². The molecule has 31 heavy (non-hydrogen) atoms.